The fourth-order valence-corrected chi connectivity index (χ4v) is 3.73. The van der Waals surface area contributed by atoms with Crippen molar-refractivity contribution >= 4 is 22.8 Å². The first kappa shape index (κ1) is 19.1. The minimum atomic E-state index is -0.0327. The van der Waals surface area contributed by atoms with Crippen LogP contribution in [0.15, 0.2) is 48.9 Å². The van der Waals surface area contributed by atoms with Gasteiger partial charge >= 0.3 is 0 Å². The molecule has 3 heterocycles. The van der Waals surface area contributed by atoms with Gasteiger partial charge in [0, 0.05) is 31.4 Å². The van der Waals surface area contributed by atoms with E-state index in [2.05, 4.69) is 25.2 Å². The summed E-state index contributed by atoms with van der Waals surface area (Å²) in [6.45, 7) is 3.65. The Morgan fingerprint density at radius 3 is 2.59 bits per heavy atom. The van der Waals surface area contributed by atoms with Crippen molar-refractivity contribution in [1.29, 1.82) is 0 Å². The second-order valence-corrected chi connectivity index (χ2v) is 7.36. The molecule has 3 aromatic rings. The molecule has 1 aromatic carbocycles. The van der Waals surface area contributed by atoms with Crippen molar-refractivity contribution in [3.63, 3.8) is 0 Å². The molecule has 0 aliphatic carbocycles. The van der Waals surface area contributed by atoms with Crippen LogP contribution in [0.1, 0.15) is 31.4 Å². The number of fused-ring (bicyclic) bond motifs is 1. The molecule has 1 aliphatic rings. The summed E-state index contributed by atoms with van der Waals surface area (Å²) in [4.78, 5) is 27.9. The summed E-state index contributed by atoms with van der Waals surface area (Å²) in [6.07, 6.45) is 6.79. The number of nitrogens with one attached hydrogen (secondary N) is 1. The van der Waals surface area contributed by atoms with E-state index in [-0.39, 0.29) is 17.9 Å². The van der Waals surface area contributed by atoms with Gasteiger partial charge in [-0.15, -0.1) is 0 Å². The van der Waals surface area contributed by atoms with Gasteiger partial charge in [-0.1, -0.05) is 12.1 Å². The maximum Gasteiger partial charge on any atom is 0.223 e. The Labute approximate surface area is 170 Å². The van der Waals surface area contributed by atoms with Gasteiger partial charge in [0.1, 0.15) is 11.3 Å². The van der Waals surface area contributed by atoms with Crippen LogP contribution in [0.4, 0.5) is 5.69 Å². The summed E-state index contributed by atoms with van der Waals surface area (Å²) in [6, 6.07) is 9.79. The number of hydrogen-bond donors (Lipinski definition) is 1. The van der Waals surface area contributed by atoms with Crippen LogP contribution in [0.5, 0.6) is 5.75 Å². The molecule has 150 valence electrons. The molecule has 1 saturated heterocycles. The maximum absolute atomic E-state index is 12.7. The van der Waals surface area contributed by atoms with E-state index >= 15 is 0 Å². The molecule has 0 bridgehead atoms. The Bertz CT molecular complexity index is 984. The smallest absolute Gasteiger partial charge is 0.223 e. The number of methoxy groups -OCH3 is 1. The first-order valence-corrected chi connectivity index (χ1v) is 9.90. The van der Waals surface area contributed by atoms with Crippen molar-refractivity contribution < 1.29 is 9.53 Å². The van der Waals surface area contributed by atoms with Gasteiger partial charge in [0.05, 0.1) is 25.0 Å². The summed E-state index contributed by atoms with van der Waals surface area (Å²) in [5.74, 6) is 0.962. The van der Waals surface area contributed by atoms with Crippen LogP contribution >= 0.6 is 0 Å². The Hall–Kier alpha value is -3.22. The molecule has 0 radical (unpaired) electrons. The number of aromatic nitrogens is 3. The highest BCUT2D eigenvalue weighted by atomic mass is 16.5. The molecule has 4 rings (SSSR count). The van der Waals surface area contributed by atoms with E-state index in [9.17, 15) is 4.79 Å². The molecule has 0 saturated carbocycles. The topological polar surface area (TPSA) is 80.2 Å². The second kappa shape index (κ2) is 8.43. The number of hydrogen-bond acceptors (Lipinski definition) is 6. The fourth-order valence-electron chi connectivity index (χ4n) is 3.73. The van der Waals surface area contributed by atoms with Gasteiger partial charge in [-0.05, 0) is 43.5 Å². The lowest BCUT2D eigenvalue weighted by atomic mass is 9.95. The molecular weight excluding hydrogens is 366 g/mol. The molecule has 7 heteroatoms. The Morgan fingerprint density at radius 1 is 1.14 bits per heavy atom. The molecule has 2 aromatic heterocycles. The van der Waals surface area contributed by atoms with Crippen molar-refractivity contribution in [2.75, 3.05) is 25.1 Å². The molecule has 1 fully saturated rings. The van der Waals surface area contributed by atoms with Crippen molar-refractivity contribution in [1.82, 2.24) is 20.3 Å². The first-order valence-electron chi connectivity index (χ1n) is 9.90. The predicted molar refractivity (Wildman–Crippen MR) is 112 cm³/mol. The SMILES string of the molecule is COc1ccc(C(C)NC(=O)C2CCN(c3cnc4nccnc4c3)CC2)cc1. The quantitative estimate of drug-likeness (QED) is 0.720. The molecule has 1 aliphatic heterocycles. The normalized spacial score (nSPS) is 15.9. The Balaban J connectivity index is 1.33. The number of pyridine rings is 1. The molecule has 29 heavy (non-hydrogen) atoms. The third kappa shape index (κ3) is 4.29. The number of carbonyl (C=O) groups is 1. The number of rotatable bonds is 5. The molecule has 0 spiro atoms. The van der Waals surface area contributed by atoms with Crippen molar-refractivity contribution in [2.45, 2.75) is 25.8 Å². The van der Waals surface area contributed by atoms with Gasteiger partial charge in [0.25, 0.3) is 0 Å². The van der Waals surface area contributed by atoms with Crippen molar-refractivity contribution in [3.8, 4) is 5.75 Å². The highest BCUT2D eigenvalue weighted by Crippen LogP contribution is 2.25. The van der Waals surface area contributed by atoms with E-state index in [4.69, 9.17) is 4.74 Å². The lowest BCUT2D eigenvalue weighted by Gasteiger charge is -2.33. The fraction of sp³-hybridized carbons (Fsp3) is 0.364. The van der Waals surface area contributed by atoms with E-state index in [0.29, 0.717) is 5.65 Å². The zero-order chi connectivity index (χ0) is 20.2. The van der Waals surface area contributed by atoms with Crippen LogP contribution in [0.2, 0.25) is 0 Å². The largest absolute Gasteiger partial charge is 0.497 e. The number of anilines is 1. The van der Waals surface area contributed by atoms with Gasteiger partial charge in [-0.2, -0.15) is 0 Å². The van der Waals surface area contributed by atoms with Crippen molar-refractivity contribution in [2.24, 2.45) is 5.92 Å². The summed E-state index contributed by atoms with van der Waals surface area (Å²) in [5, 5.41) is 3.15. The second-order valence-electron chi connectivity index (χ2n) is 7.36. The number of amides is 1. The molecule has 7 nitrogen and oxygen atoms in total. The molecule has 1 unspecified atom stereocenters. The number of nitrogens with zero attached hydrogens (tertiary/aromatic N) is 4. The van der Waals surface area contributed by atoms with E-state index < -0.39 is 0 Å². The van der Waals surface area contributed by atoms with E-state index in [0.717, 1.165) is 48.4 Å². The highest BCUT2D eigenvalue weighted by molar-refractivity contribution is 5.79. The molecule has 1 amide bonds. The van der Waals surface area contributed by atoms with Gasteiger partial charge in [-0.25, -0.2) is 9.97 Å². The van der Waals surface area contributed by atoms with Gasteiger partial charge in [0.2, 0.25) is 5.91 Å². The van der Waals surface area contributed by atoms with E-state index in [1.165, 1.54) is 0 Å². The van der Waals surface area contributed by atoms with Crippen LogP contribution in [-0.4, -0.2) is 41.1 Å². The van der Waals surface area contributed by atoms with Crippen LogP contribution in [-0.2, 0) is 4.79 Å². The number of ether oxygens (including phenoxy) is 1. The average molecular weight is 391 g/mol. The minimum Gasteiger partial charge on any atom is -0.497 e. The number of benzene rings is 1. The summed E-state index contributed by atoms with van der Waals surface area (Å²) < 4.78 is 5.19. The monoisotopic (exact) mass is 391 g/mol. The van der Waals surface area contributed by atoms with Gasteiger partial charge in [-0.3, -0.25) is 9.78 Å². The number of piperidine rings is 1. The zero-order valence-electron chi connectivity index (χ0n) is 16.7. The van der Waals surface area contributed by atoms with E-state index in [1.807, 2.05) is 43.5 Å². The third-order valence-corrected chi connectivity index (χ3v) is 5.52. The molecular formula is C22H25N5O2. The van der Waals surface area contributed by atoms with Crippen LogP contribution in [0.25, 0.3) is 11.2 Å². The van der Waals surface area contributed by atoms with Crippen LogP contribution in [0.3, 0.4) is 0 Å². The van der Waals surface area contributed by atoms with Crippen LogP contribution in [0, 0.1) is 5.92 Å². The zero-order valence-corrected chi connectivity index (χ0v) is 16.7. The van der Waals surface area contributed by atoms with Crippen LogP contribution < -0.4 is 15.0 Å². The molecule has 1 N–H and O–H groups in total. The first-order chi connectivity index (χ1) is 14.1. The number of carbonyl (C=O) groups excluding carboxylic acids is 1. The average Bonchev–Trinajstić information content (AvgIpc) is 2.79. The third-order valence-electron chi connectivity index (χ3n) is 5.52. The van der Waals surface area contributed by atoms with Gasteiger partial charge < -0.3 is 15.0 Å². The van der Waals surface area contributed by atoms with Crippen molar-refractivity contribution in [3.05, 3.63) is 54.5 Å². The standard InChI is InChI=1S/C22H25N5O2/c1-15(16-3-5-19(29-2)6-4-16)26-22(28)17-7-11-27(12-8-17)18-13-20-21(25-14-18)24-10-9-23-20/h3-6,9-10,13-15,17H,7-8,11-12H2,1-2H3,(H,26,28). The lowest BCUT2D eigenvalue weighted by Crippen LogP contribution is -2.41. The minimum absolute atomic E-state index is 0.0279. The lowest BCUT2D eigenvalue weighted by molar-refractivity contribution is -0.126. The summed E-state index contributed by atoms with van der Waals surface area (Å²) in [5.41, 5.74) is 3.54. The van der Waals surface area contributed by atoms with Gasteiger partial charge in [0.15, 0.2) is 5.65 Å². The van der Waals surface area contributed by atoms with E-state index in [1.54, 1.807) is 19.5 Å². The predicted octanol–water partition coefficient (Wildman–Crippen LogP) is 3.13. The Kier molecular flexibility index (Phi) is 5.55. The Morgan fingerprint density at radius 2 is 1.86 bits per heavy atom. The maximum atomic E-state index is 12.7. The summed E-state index contributed by atoms with van der Waals surface area (Å²) >= 11 is 0. The summed E-state index contributed by atoms with van der Waals surface area (Å²) in [7, 11) is 1.65. The highest BCUT2D eigenvalue weighted by Gasteiger charge is 2.26. The molecule has 1 atom stereocenters.